The number of amidine groups is 1. The molecular formula is C17H15ClN2O4S. The van der Waals surface area contributed by atoms with Gasteiger partial charge in [0.15, 0.2) is 16.7 Å². The van der Waals surface area contributed by atoms with Crippen molar-refractivity contribution in [3.63, 3.8) is 0 Å². The summed E-state index contributed by atoms with van der Waals surface area (Å²) in [4.78, 5) is 27.1. The van der Waals surface area contributed by atoms with Gasteiger partial charge in [0.05, 0.1) is 16.5 Å². The van der Waals surface area contributed by atoms with Gasteiger partial charge in [0.1, 0.15) is 6.61 Å². The summed E-state index contributed by atoms with van der Waals surface area (Å²) < 4.78 is 11.0. The second-order valence-corrected chi connectivity index (χ2v) is 6.21. The molecule has 1 heterocycles. The molecule has 0 aliphatic carbocycles. The van der Waals surface area contributed by atoms with Crippen LogP contribution in [0.25, 0.3) is 6.08 Å². The van der Waals surface area contributed by atoms with E-state index in [0.29, 0.717) is 33.6 Å². The van der Waals surface area contributed by atoms with Crippen molar-refractivity contribution in [2.45, 2.75) is 13.8 Å². The molecule has 0 unspecified atom stereocenters. The third-order valence-corrected chi connectivity index (χ3v) is 4.01. The van der Waals surface area contributed by atoms with Gasteiger partial charge in [-0.1, -0.05) is 17.5 Å². The molecule has 0 atom stereocenters. The Morgan fingerprint density at radius 2 is 2.24 bits per heavy atom. The first-order valence-electron chi connectivity index (χ1n) is 7.27. The van der Waals surface area contributed by atoms with Crippen LogP contribution in [0.1, 0.15) is 19.4 Å². The van der Waals surface area contributed by atoms with Crippen LogP contribution in [0, 0.1) is 12.3 Å². The second-order valence-electron chi connectivity index (χ2n) is 4.77. The number of rotatable bonds is 5. The molecule has 2 rings (SSSR count). The minimum absolute atomic E-state index is 0.0580. The van der Waals surface area contributed by atoms with Crippen molar-refractivity contribution in [3.05, 3.63) is 27.6 Å². The number of aliphatic imine (C=N–C) groups is 1. The first-order valence-corrected chi connectivity index (χ1v) is 8.46. The lowest BCUT2D eigenvalue weighted by Crippen LogP contribution is -2.23. The number of hydrogen-bond donors (Lipinski definition) is 1. The summed E-state index contributed by atoms with van der Waals surface area (Å²) in [6.07, 6.45) is 6.82. The lowest BCUT2D eigenvalue weighted by molar-refractivity contribution is -0.117. The van der Waals surface area contributed by atoms with Crippen molar-refractivity contribution < 1.29 is 19.1 Å². The van der Waals surface area contributed by atoms with Gasteiger partial charge >= 0.3 is 0 Å². The molecule has 1 aromatic carbocycles. The summed E-state index contributed by atoms with van der Waals surface area (Å²) >= 11 is 7.32. The molecule has 1 aliphatic rings. The van der Waals surface area contributed by atoms with Gasteiger partial charge in [-0.2, -0.15) is 4.99 Å². The molecule has 1 aliphatic heterocycles. The molecule has 0 saturated heterocycles. The van der Waals surface area contributed by atoms with Crippen LogP contribution < -0.4 is 14.8 Å². The minimum atomic E-state index is -0.435. The molecule has 130 valence electrons. The van der Waals surface area contributed by atoms with Crippen LogP contribution in [0.2, 0.25) is 5.02 Å². The molecular weight excluding hydrogens is 364 g/mol. The zero-order chi connectivity index (χ0) is 18.4. The van der Waals surface area contributed by atoms with E-state index in [9.17, 15) is 9.59 Å². The third-order valence-electron chi connectivity index (χ3n) is 2.83. The number of benzene rings is 1. The van der Waals surface area contributed by atoms with Gasteiger partial charge in [0.2, 0.25) is 5.91 Å². The smallest absolute Gasteiger partial charge is 0.286 e. The number of terminal acetylenes is 1. The number of nitrogens with one attached hydrogen (secondary N) is 1. The number of thioether (sulfide) groups is 1. The number of hydrogen-bond acceptors (Lipinski definition) is 5. The van der Waals surface area contributed by atoms with Crippen molar-refractivity contribution >= 4 is 46.4 Å². The van der Waals surface area contributed by atoms with Crippen LogP contribution in [0.4, 0.5) is 0 Å². The van der Waals surface area contributed by atoms with Crippen LogP contribution in [-0.2, 0) is 9.59 Å². The monoisotopic (exact) mass is 378 g/mol. The SMILES string of the molecule is C#CCOc1c(Cl)cc(C=C2SC(NC(C)=O)=NC2=O)cc1OCC. The van der Waals surface area contributed by atoms with Crippen LogP contribution in [0.3, 0.4) is 0 Å². The van der Waals surface area contributed by atoms with E-state index in [2.05, 4.69) is 16.2 Å². The molecule has 8 heteroatoms. The number of nitrogens with zero attached hydrogens (tertiary/aromatic N) is 1. The number of amides is 2. The maximum atomic E-state index is 11.9. The highest BCUT2D eigenvalue weighted by molar-refractivity contribution is 8.18. The van der Waals surface area contributed by atoms with Crippen LogP contribution in [0.15, 0.2) is 22.0 Å². The first kappa shape index (κ1) is 18.9. The summed E-state index contributed by atoms with van der Waals surface area (Å²) in [5.41, 5.74) is 0.636. The Morgan fingerprint density at radius 1 is 1.48 bits per heavy atom. The quantitative estimate of drug-likeness (QED) is 0.629. The number of halogens is 1. The highest BCUT2D eigenvalue weighted by Gasteiger charge is 2.23. The van der Waals surface area contributed by atoms with E-state index in [1.807, 2.05) is 6.92 Å². The van der Waals surface area contributed by atoms with Gasteiger partial charge in [-0.25, -0.2) is 0 Å². The van der Waals surface area contributed by atoms with Crippen molar-refractivity contribution in [2.24, 2.45) is 4.99 Å². The average Bonchev–Trinajstić information content (AvgIpc) is 2.85. The molecule has 1 N–H and O–H groups in total. The third kappa shape index (κ3) is 5.02. The molecule has 0 fully saturated rings. The summed E-state index contributed by atoms with van der Waals surface area (Å²) in [5, 5.41) is 3.04. The fraction of sp³-hybridized carbons (Fsp3) is 0.235. The van der Waals surface area contributed by atoms with Crippen molar-refractivity contribution in [1.29, 1.82) is 0 Å². The fourth-order valence-electron chi connectivity index (χ4n) is 1.95. The minimum Gasteiger partial charge on any atom is -0.490 e. The lowest BCUT2D eigenvalue weighted by Gasteiger charge is -2.13. The molecule has 1 aromatic rings. The highest BCUT2D eigenvalue weighted by atomic mass is 35.5. The molecule has 25 heavy (non-hydrogen) atoms. The second kappa shape index (κ2) is 8.60. The van der Waals surface area contributed by atoms with Gasteiger partial charge in [-0.05, 0) is 42.5 Å². The van der Waals surface area contributed by atoms with Crippen LogP contribution in [-0.4, -0.2) is 30.2 Å². The number of ether oxygens (including phenoxy) is 2. The standard InChI is InChI=1S/C17H15ClN2O4S/c1-4-6-24-15-12(18)7-11(8-13(15)23-5-2)9-14-16(22)20-17(25-14)19-10(3)21/h1,7-9H,5-6H2,2-3H3,(H,19,20,21,22). The van der Waals surface area contributed by atoms with E-state index >= 15 is 0 Å². The predicted molar refractivity (Wildman–Crippen MR) is 98.8 cm³/mol. The highest BCUT2D eigenvalue weighted by Crippen LogP contribution is 2.38. The van der Waals surface area contributed by atoms with Crippen molar-refractivity contribution in [3.8, 4) is 23.8 Å². The van der Waals surface area contributed by atoms with Gasteiger partial charge in [-0.3, -0.25) is 9.59 Å². The largest absolute Gasteiger partial charge is 0.490 e. The fourth-order valence-corrected chi connectivity index (χ4v) is 3.09. The molecule has 0 aromatic heterocycles. The van der Waals surface area contributed by atoms with E-state index in [0.717, 1.165) is 11.8 Å². The summed E-state index contributed by atoms with van der Waals surface area (Å²) in [7, 11) is 0. The number of carbonyl (C=O) groups excluding carboxylic acids is 2. The van der Waals surface area contributed by atoms with E-state index in [1.54, 1.807) is 18.2 Å². The van der Waals surface area contributed by atoms with Crippen LogP contribution >= 0.6 is 23.4 Å². The Hall–Kier alpha value is -2.43. The summed E-state index contributed by atoms with van der Waals surface area (Å²) in [5.74, 6) is 2.41. The molecule has 0 radical (unpaired) electrons. The maximum Gasteiger partial charge on any atom is 0.286 e. The zero-order valence-corrected chi connectivity index (χ0v) is 15.2. The molecule has 0 bridgehead atoms. The van der Waals surface area contributed by atoms with Gasteiger partial charge in [-0.15, -0.1) is 6.42 Å². The van der Waals surface area contributed by atoms with E-state index < -0.39 is 5.91 Å². The Balaban J connectivity index is 2.30. The summed E-state index contributed by atoms with van der Waals surface area (Å²) in [6.45, 7) is 3.64. The Bertz CT molecular complexity index is 812. The normalized spacial score (nSPS) is 14.9. The Kier molecular flexibility index (Phi) is 6.51. The van der Waals surface area contributed by atoms with Gasteiger partial charge < -0.3 is 14.8 Å². The summed E-state index contributed by atoms with van der Waals surface area (Å²) in [6, 6.07) is 3.33. The molecule has 0 spiro atoms. The van der Waals surface area contributed by atoms with Crippen molar-refractivity contribution in [2.75, 3.05) is 13.2 Å². The zero-order valence-electron chi connectivity index (χ0n) is 13.6. The topological polar surface area (TPSA) is 77.0 Å². The Labute approximate surface area is 154 Å². The van der Waals surface area contributed by atoms with Gasteiger partial charge in [0, 0.05) is 6.92 Å². The number of carbonyl (C=O) groups is 2. The van der Waals surface area contributed by atoms with E-state index in [1.165, 1.54) is 6.92 Å². The van der Waals surface area contributed by atoms with E-state index in [-0.39, 0.29) is 17.7 Å². The maximum absolute atomic E-state index is 11.9. The van der Waals surface area contributed by atoms with Crippen molar-refractivity contribution in [1.82, 2.24) is 5.32 Å². The Morgan fingerprint density at radius 3 is 2.88 bits per heavy atom. The molecule has 0 saturated carbocycles. The van der Waals surface area contributed by atoms with E-state index in [4.69, 9.17) is 27.5 Å². The predicted octanol–water partition coefficient (Wildman–Crippen LogP) is 2.86. The van der Waals surface area contributed by atoms with Gasteiger partial charge in [0.25, 0.3) is 5.91 Å². The molecule has 2 amide bonds. The first-order chi connectivity index (χ1) is 11.9. The molecule has 6 nitrogen and oxygen atoms in total. The average molecular weight is 379 g/mol. The van der Waals surface area contributed by atoms with Crippen LogP contribution in [0.5, 0.6) is 11.5 Å². The lowest BCUT2D eigenvalue weighted by atomic mass is 10.2.